The lowest BCUT2D eigenvalue weighted by atomic mass is 10.2. The number of carbonyl (C=O) groups is 1. The molecule has 0 spiro atoms. The molecule has 0 radical (unpaired) electrons. The molecule has 0 N–H and O–H groups in total. The first kappa shape index (κ1) is 23.0. The Bertz CT molecular complexity index is 959. The van der Waals surface area contributed by atoms with Gasteiger partial charge in [-0.3, -0.25) is 9.69 Å². The average molecular weight is 460 g/mol. The van der Waals surface area contributed by atoms with Crippen molar-refractivity contribution in [2.75, 3.05) is 34.0 Å². The highest BCUT2D eigenvalue weighted by Gasteiger charge is 2.28. The Hall–Kier alpha value is -2.71. The molecular formula is C23H25NO5S2. The minimum atomic E-state index is -0.0925. The molecule has 6 nitrogen and oxygen atoms in total. The molecule has 3 rings (SSSR count). The molecule has 1 aliphatic rings. The molecule has 1 aliphatic heterocycles. The van der Waals surface area contributed by atoms with Crippen molar-refractivity contribution in [3.05, 3.63) is 52.9 Å². The van der Waals surface area contributed by atoms with Crippen molar-refractivity contribution in [2.24, 2.45) is 0 Å². The summed E-state index contributed by atoms with van der Waals surface area (Å²) >= 11 is 6.47. The van der Waals surface area contributed by atoms with E-state index >= 15 is 0 Å². The summed E-state index contributed by atoms with van der Waals surface area (Å²) in [6.45, 7) is 3.45. The van der Waals surface area contributed by atoms with E-state index in [-0.39, 0.29) is 5.91 Å². The smallest absolute Gasteiger partial charge is 0.265 e. The second-order valence-electron chi connectivity index (χ2n) is 6.61. The molecule has 1 amide bonds. The molecule has 2 aromatic rings. The summed E-state index contributed by atoms with van der Waals surface area (Å²) in [6.07, 6.45) is 2.54. The van der Waals surface area contributed by atoms with E-state index in [2.05, 4.69) is 0 Å². The first-order chi connectivity index (χ1) is 15.0. The third-order valence-electron chi connectivity index (χ3n) is 4.43. The Balaban J connectivity index is 1.55. The summed E-state index contributed by atoms with van der Waals surface area (Å²) in [5.41, 5.74) is 0.854. The van der Waals surface area contributed by atoms with Gasteiger partial charge in [0.2, 0.25) is 0 Å². The lowest BCUT2D eigenvalue weighted by Gasteiger charge is -2.13. The maximum Gasteiger partial charge on any atom is 0.265 e. The predicted molar refractivity (Wildman–Crippen MR) is 127 cm³/mol. The largest absolute Gasteiger partial charge is 0.497 e. The van der Waals surface area contributed by atoms with Crippen molar-refractivity contribution < 1.29 is 23.7 Å². The molecule has 164 valence electrons. The van der Waals surface area contributed by atoms with Gasteiger partial charge in [-0.15, -0.1) is 0 Å². The van der Waals surface area contributed by atoms with Gasteiger partial charge in [-0.2, -0.15) is 0 Å². The number of thiocarbonyl (C=S) groups is 1. The van der Waals surface area contributed by atoms with Crippen LogP contribution in [0.2, 0.25) is 0 Å². The zero-order chi connectivity index (χ0) is 22.2. The van der Waals surface area contributed by atoms with E-state index in [0.29, 0.717) is 40.5 Å². The van der Waals surface area contributed by atoms with E-state index in [0.717, 1.165) is 23.5 Å². The third kappa shape index (κ3) is 6.15. The number of benzene rings is 2. The zero-order valence-corrected chi connectivity index (χ0v) is 19.4. The third-order valence-corrected chi connectivity index (χ3v) is 5.91. The van der Waals surface area contributed by atoms with Crippen LogP contribution in [0.4, 0.5) is 0 Å². The van der Waals surface area contributed by atoms with Gasteiger partial charge >= 0.3 is 0 Å². The Morgan fingerprint density at radius 1 is 1.00 bits per heavy atom. The molecule has 31 heavy (non-hydrogen) atoms. The fourth-order valence-corrected chi connectivity index (χ4v) is 3.98. The van der Waals surface area contributed by atoms with Gasteiger partial charge in [0, 0.05) is 13.5 Å². The number of hydrogen-bond donors (Lipinski definition) is 0. The van der Waals surface area contributed by atoms with Crippen LogP contribution in [0.25, 0.3) is 6.08 Å². The maximum atomic E-state index is 12.2. The van der Waals surface area contributed by atoms with E-state index in [1.54, 1.807) is 14.2 Å². The SMILES string of the molecule is CCOc1cc(/C=C2/SC(=S)N(C)C2=O)ccc1OCCCOc1ccc(OC)cc1. The number of ether oxygens (including phenoxy) is 4. The molecule has 0 aliphatic carbocycles. The lowest BCUT2D eigenvalue weighted by Crippen LogP contribution is -2.22. The summed E-state index contributed by atoms with van der Waals surface area (Å²) < 4.78 is 23.0. The van der Waals surface area contributed by atoms with E-state index in [4.69, 9.17) is 31.2 Å². The average Bonchev–Trinajstić information content (AvgIpc) is 3.02. The van der Waals surface area contributed by atoms with Gasteiger partial charge in [0.25, 0.3) is 5.91 Å². The first-order valence-corrected chi connectivity index (χ1v) is 11.1. The van der Waals surface area contributed by atoms with Crippen LogP contribution >= 0.6 is 24.0 Å². The fraction of sp³-hybridized carbons (Fsp3) is 0.304. The molecule has 1 heterocycles. The van der Waals surface area contributed by atoms with Crippen LogP contribution in [0.15, 0.2) is 47.4 Å². The Morgan fingerprint density at radius 3 is 2.35 bits per heavy atom. The second kappa shape index (κ2) is 11.1. The molecule has 1 fully saturated rings. The first-order valence-electron chi connectivity index (χ1n) is 9.90. The highest BCUT2D eigenvalue weighted by molar-refractivity contribution is 8.26. The van der Waals surface area contributed by atoms with Gasteiger partial charge in [-0.1, -0.05) is 30.0 Å². The van der Waals surface area contributed by atoms with Gasteiger partial charge < -0.3 is 18.9 Å². The van der Waals surface area contributed by atoms with Crippen molar-refractivity contribution >= 4 is 40.3 Å². The summed E-state index contributed by atoms with van der Waals surface area (Å²) in [7, 11) is 3.31. The molecular weight excluding hydrogens is 434 g/mol. The van der Waals surface area contributed by atoms with Gasteiger partial charge in [0.05, 0.1) is 31.8 Å². The van der Waals surface area contributed by atoms with Crippen LogP contribution in [0.3, 0.4) is 0 Å². The molecule has 8 heteroatoms. The van der Waals surface area contributed by atoms with E-state index < -0.39 is 0 Å². The van der Waals surface area contributed by atoms with E-state index in [9.17, 15) is 4.79 Å². The normalized spacial score (nSPS) is 14.8. The molecule has 0 unspecified atom stereocenters. The van der Waals surface area contributed by atoms with Gasteiger partial charge in [0.1, 0.15) is 15.8 Å². The quantitative estimate of drug-likeness (QED) is 0.288. The molecule has 0 saturated carbocycles. The van der Waals surface area contributed by atoms with Crippen LogP contribution < -0.4 is 18.9 Å². The number of carbonyl (C=O) groups excluding carboxylic acids is 1. The van der Waals surface area contributed by atoms with Crippen LogP contribution in [0, 0.1) is 0 Å². The highest BCUT2D eigenvalue weighted by atomic mass is 32.2. The van der Waals surface area contributed by atoms with Gasteiger partial charge in [-0.05, 0) is 55.0 Å². The summed E-state index contributed by atoms with van der Waals surface area (Å²) in [5.74, 6) is 2.79. The Morgan fingerprint density at radius 2 is 1.71 bits per heavy atom. The number of hydrogen-bond acceptors (Lipinski definition) is 7. The number of rotatable bonds is 10. The van der Waals surface area contributed by atoms with Crippen LogP contribution in [0.5, 0.6) is 23.0 Å². The number of methoxy groups -OCH3 is 1. The second-order valence-corrected chi connectivity index (χ2v) is 8.28. The summed E-state index contributed by atoms with van der Waals surface area (Å²) in [6, 6.07) is 13.1. The number of nitrogens with zero attached hydrogens (tertiary/aromatic N) is 1. The van der Waals surface area contributed by atoms with Crippen molar-refractivity contribution in [3.8, 4) is 23.0 Å². The fourth-order valence-electron chi connectivity index (χ4n) is 2.80. The van der Waals surface area contributed by atoms with Crippen LogP contribution in [-0.2, 0) is 4.79 Å². The van der Waals surface area contributed by atoms with Gasteiger partial charge in [0.15, 0.2) is 11.5 Å². The van der Waals surface area contributed by atoms with E-state index in [1.807, 2.05) is 55.5 Å². The molecule has 2 aromatic carbocycles. The van der Waals surface area contributed by atoms with Crippen LogP contribution in [-0.4, -0.2) is 49.1 Å². The monoisotopic (exact) mass is 459 g/mol. The zero-order valence-electron chi connectivity index (χ0n) is 17.8. The van der Waals surface area contributed by atoms with Crippen LogP contribution in [0.1, 0.15) is 18.9 Å². The van der Waals surface area contributed by atoms with Gasteiger partial charge in [-0.25, -0.2) is 0 Å². The van der Waals surface area contributed by atoms with E-state index in [1.165, 1.54) is 16.7 Å². The van der Waals surface area contributed by atoms with Crippen molar-refractivity contribution in [2.45, 2.75) is 13.3 Å². The summed E-state index contributed by atoms with van der Waals surface area (Å²) in [4.78, 5) is 14.3. The van der Waals surface area contributed by atoms with Crippen molar-refractivity contribution in [1.29, 1.82) is 0 Å². The standard InChI is InChI=1S/C23H25NO5S2/c1-4-27-20-14-16(15-21-22(25)24(2)23(30)31-21)6-11-19(20)29-13-5-12-28-18-9-7-17(26-3)8-10-18/h6-11,14-15H,4-5,12-13H2,1-3H3/b21-15+. The minimum absolute atomic E-state index is 0.0925. The topological polar surface area (TPSA) is 57.2 Å². The molecule has 1 saturated heterocycles. The number of likely N-dealkylation sites (N-methyl/N-ethyl adjacent to an activating group) is 1. The maximum absolute atomic E-state index is 12.2. The number of thioether (sulfide) groups is 1. The highest BCUT2D eigenvalue weighted by Crippen LogP contribution is 2.34. The predicted octanol–water partition coefficient (Wildman–Crippen LogP) is 4.77. The minimum Gasteiger partial charge on any atom is -0.497 e. The molecule has 0 atom stereocenters. The van der Waals surface area contributed by atoms with Crippen molar-refractivity contribution in [3.63, 3.8) is 0 Å². The number of amides is 1. The molecule has 0 aromatic heterocycles. The Labute approximate surface area is 192 Å². The van der Waals surface area contributed by atoms with Crippen molar-refractivity contribution in [1.82, 2.24) is 4.90 Å². The molecule has 0 bridgehead atoms. The summed E-state index contributed by atoms with van der Waals surface area (Å²) in [5, 5.41) is 0. The lowest BCUT2D eigenvalue weighted by molar-refractivity contribution is -0.121. The Kier molecular flexibility index (Phi) is 8.20.